The Labute approximate surface area is 166 Å². The molecule has 2 aromatic carbocycles. The van der Waals surface area contributed by atoms with Crippen LogP contribution in [0, 0.1) is 11.3 Å². The van der Waals surface area contributed by atoms with E-state index in [1.807, 2.05) is 12.1 Å². The van der Waals surface area contributed by atoms with Crippen molar-refractivity contribution in [3.63, 3.8) is 0 Å². The van der Waals surface area contributed by atoms with Gasteiger partial charge >= 0.3 is 5.97 Å². The lowest BCUT2D eigenvalue weighted by atomic mass is 10.2. The van der Waals surface area contributed by atoms with E-state index in [-0.39, 0.29) is 16.3 Å². The summed E-state index contributed by atoms with van der Waals surface area (Å²) in [5, 5.41) is 13.9. The molecule has 0 aliphatic rings. The highest BCUT2D eigenvalue weighted by Gasteiger charge is 2.15. The first-order chi connectivity index (χ1) is 13.4. The number of ether oxygens (including phenoxy) is 1. The average Bonchev–Trinajstić information content (AvgIpc) is 2.66. The van der Waals surface area contributed by atoms with Crippen molar-refractivity contribution in [2.75, 3.05) is 11.9 Å². The van der Waals surface area contributed by atoms with Crippen LogP contribution in [0.3, 0.4) is 0 Å². The van der Waals surface area contributed by atoms with Crippen molar-refractivity contribution < 1.29 is 19.1 Å². The zero-order valence-corrected chi connectivity index (χ0v) is 15.6. The number of amides is 2. The molecule has 0 spiro atoms. The molecule has 0 bridgehead atoms. The number of benzene rings is 2. The van der Waals surface area contributed by atoms with Gasteiger partial charge in [-0.2, -0.15) is 5.26 Å². The number of nitriles is 1. The summed E-state index contributed by atoms with van der Waals surface area (Å²) in [7, 11) is 0. The van der Waals surface area contributed by atoms with Crippen molar-refractivity contribution in [3.8, 4) is 6.07 Å². The van der Waals surface area contributed by atoms with E-state index in [0.29, 0.717) is 11.3 Å². The van der Waals surface area contributed by atoms with Gasteiger partial charge in [-0.3, -0.25) is 9.59 Å². The van der Waals surface area contributed by atoms with E-state index in [1.54, 1.807) is 24.3 Å². The van der Waals surface area contributed by atoms with Gasteiger partial charge in [-0.05, 0) is 29.8 Å². The summed E-state index contributed by atoms with van der Waals surface area (Å²) in [6.45, 7) is 0.690. The summed E-state index contributed by atoms with van der Waals surface area (Å²) < 4.78 is 4.97. The van der Waals surface area contributed by atoms with Crippen molar-refractivity contribution in [3.05, 3.63) is 70.4 Å². The Morgan fingerprint density at radius 1 is 1.18 bits per heavy atom. The molecule has 0 aromatic heterocycles. The molecular weight excluding hydrogens is 382 g/mol. The quantitative estimate of drug-likeness (QED) is 0.575. The van der Waals surface area contributed by atoms with Crippen LogP contribution in [0.15, 0.2) is 54.2 Å². The van der Waals surface area contributed by atoms with Crippen LogP contribution in [0.5, 0.6) is 0 Å². The molecule has 0 radical (unpaired) electrons. The summed E-state index contributed by atoms with van der Waals surface area (Å²) in [5.74, 6) is -1.90. The molecule has 2 N–H and O–H groups in total. The summed E-state index contributed by atoms with van der Waals surface area (Å²) in [6.07, 6.45) is 1.45. The van der Waals surface area contributed by atoms with Crippen molar-refractivity contribution in [2.24, 2.45) is 0 Å². The van der Waals surface area contributed by atoms with Gasteiger partial charge in [0, 0.05) is 12.6 Å². The third kappa shape index (κ3) is 6.27. The van der Waals surface area contributed by atoms with Crippen LogP contribution >= 0.6 is 11.6 Å². The maximum Gasteiger partial charge on any atom is 0.355 e. The Kier molecular flexibility index (Phi) is 7.31. The van der Waals surface area contributed by atoms with Crippen molar-refractivity contribution in [1.82, 2.24) is 5.32 Å². The van der Waals surface area contributed by atoms with Gasteiger partial charge in [0.1, 0.15) is 11.8 Å². The van der Waals surface area contributed by atoms with Crippen LogP contribution in [-0.2, 0) is 19.1 Å². The van der Waals surface area contributed by atoms with Gasteiger partial charge in [-0.1, -0.05) is 41.9 Å². The van der Waals surface area contributed by atoms with Crippen LogP contribution in [0.2, 0.25) is 5.02 Å². The minimum absolute atomic E-state index is 0.0899. The van der Waals surface area contributed by atoms with E-state index < -0.39 is 24.4 Å². The Morgan fingerprint density at radius 3 is 2.50 bits per heavy atom. The summed E-state index contributed by atoms with van der Waals surface area (Å²) in [6, 6.07) is 15.1. The molecule has 28 heavy (non-hydrogen) atoms. The third-order valence-corrected chi connectivity index (χ3v) is 3.66. The van der Waals surface area contributed by atoms with Crippen LogP contribution in [0.4, 0.5) is 5.69 Å². The van der Waals surface area contributed by atoms with E-state index >= 15 is 0 Å². The molecule has 142 valence electrons. The third-order valence-electron chi connectivity index (χ3n) is 3.35. The number of carbonyl (C=O) groups is 3. The van der Waals surface area contributed by atoms with Crippen LogP contribution in [-0.4, -0.2) is 24.4 Å². The normalized spacial score (nSPS) is 10.5. The Hall–Kier alpha value is -3.63. The van der Waals surface area contributed by atoms with Gasteiger partial charge in [0.25, 0.3) is 5.91 Å². The predicted molar refractivity (Wildman–Crippen MR) is 104 cm³/mol. The number of anilines is 1. The molecule has 0 saturated heterocycles. The van der Waals surface area contributed by atoms with E-state index in [2.05, 4.69) is 10.6 Å². The van der Waals surface area contributed by atoms with Gasteiger partial charge in [-0.15, -0.1) is 0 Å². The fourth-order valence-corrected chi connectivity index (χ4v) is 2.36. The minimum atomic E-state index is -0.855. The molecule has 2 rings (SSSR count). The van der Waals surface area contributed by atoms with Crippen molar-refractivity contribution >= 4 is 41.1 Å². The van der Waals surface area contributed by atoms with Crippen molar-refractivity contribution in [1.29, 1.82) is 5.26 Å². The molecule has 2 aromatic rings. The first-order valence-electron chi connectivity index (χ1n) is 8.10. The summed E-state index contributed by atoms with van der Waals surface area (Å²) in [4.78, 5) is 35.6. The molecule has 7 nitrogen and oxygen atoms in total. The van der Waals surface area contributed by atoms with Crippen LogP contribution < -0.4 is 10.6 Å². The first kappa shape index (κ1) is 20.7. The predicted octanol–water partition coefficient (Wildman–Crippen LogP) is 2.87. The highest BCUT2D eigenvalue weighted by Crippen LogP contribution is 2.20. The zero-order valence-electron chi connectivity index (χ0n) is 14.9. The van der Waals surface area contributed by atoms with E-state index in [4.69, 9.17) is 21.6 Å². The first-order valence-corrected chi connectivity index (χ1v) is 8.48. The summed E-state index contributed by atoms with van der Waals surface area (Å²) in [5.41, 5.74) is 1.22. The second-order valence-electron chi connectivity index (χ2n) is 5.58. The molecule has 0 aliphatic carbocycles. The van der Waals surface area contributed by atoms with Crippen LogP contribution in [0.1, 0.15) is 18.1 Å². The monoisotopic (exact) mass is 397 g/mol. The van der Waals surface area contributed by atoms with Gasteiger partial charge < -0.3 is 15.4 Å². The molecule has 0 aliphatic heterocycles. The molecule has 0 unspecified atom stereocenters. The smallest absolute Gasteiger partial charge is 0.355 e. The fraction of sp³-hybridized carbons (Fsp3) is 0.100. The molecular formula is C20H16ClN3O4. The second-order valence-corrected chi connectivity index (χ2v) is 5.99. The minimum Gasteiger partial charge on any atom is -0.451 e. The summed E-state index contributed by atoms with van der Waals surface area (Å²) >= 11 is 5.90. The number of esters is 1. The Morgan fingerprint density at radius 2 is 1.89 bits per heavy atom. The Balaban J connectivity index is 2.00. The zero-order chi connectivity index (χ0) is 20.5. The number of hydrogen-bond acceptors (Lipinski definition) is 5. The van der Waals surface area contributed by atoms with Gasteiger partial charge in [0.05, 0.1) is 10.6 Å². The topological polar surface area (TPSA) is 108 Å². The largest absolute Gasteiger partial charge is 0.451 e. The number of nitrogens with one attached hydrogen (secondary N) is 2. The lowest BCUT2D eigenvalue weighted by Gasteiger charge is -2.10. The van der Waals surface area contributed by atoms with Crippen LogP contribution in [0.25, 0.3) is 6.08 Å². The highest BCUT2D eigenvalue weighted by atomic mass is 35.5. The van der Waals surface area contributed by atoms with E-state index in [1.165, 1.54) is 31.2 Å². The standard InChI is InChI=1S/C20H16ClN3O4/c1-13(25)23-18(9-14-5-3-2-4-6-14)20(27)28-12-19(26)24-16-8-7-15(11-22)17(21)10-16/h2-10H,12H2,1H3,(H,23,25)(H,24,26). The molecule has 0 saturated carbocycles. The lowest BCUT2D eigenvalue weighted by Crippen LogP contribution is -2.28. The maximum atomic E-state index is 12.2. The Bertz CT molecular complexity index is 965. The number of rotatable bonds is 6. The molecule has 0 heterocycles. The van der Waals surface area contributed by atoms with Crippen molar-refractivity contribution in [2.45, 2.75) is 6.92 Å². The van der Waals surface area contributed by atoms with Gasteiger partial charge in [-0.25, -0.2) is 4.79 Å². The lowest BCUT2D eigenvalue weighted by molar-refractivity contribution is -0.144. The van der Waals surface area contributed by atoms with Gasteiger partial charge in [0.15, 0.2) is 6.61 Å². The number of halogens is 1. The number of hydrogen-bond donors (Lipinski definition) is 2. The second kappa shape index (κ2) is 9.90. The molecule has 0 atom stereocenters. The highest BCUT2D eigenvalue weighted by molar-refractivity contribution is 6.32. The average molecular weight is 398 g/mol. The SMILES string of the molecule is CC(=O)NC(=Cc1ccccc1)C(=O)OCC(=O)Nc1ccc(C#N)c(Cl)c1. The molecule has 0 fully saturated rings. The number of carbonyl (C=O) groups excluding carboxylic acids is 3. The van der Waals surface area contributed by atoms with E-state index in [0.717, 1.165) is 0 Å². The molecule has 2 amide bonds. The van der Waals surface area contributed by atoms with E-state index in [9.17, 15) is 14.4 Å². The maximum absolute atomic E-state index is 12.2. The van der Waals surface area contributed by atoms with Gasteiger partial charge in [0.2, 0.25) is 5.91 Å². The number of nitrogens with zero attached hydrogens (tertiary/aromatic N) is 1. The fourth-order valence-electron chi connectivity index (χ4n) is 2.14. The molecule has 8 heteroatoms.